The Morgan fingerprint density at radius 2 is 0.649 bits per heavy atom. The summed E-state index contributed by atoms with van der Waals surface area (Å²) >= 11 is 0. The first-order valence-electron chi connectivity index (χ1n) is 26.4. The molecule has 0 saturated heterocycles. The summed E-state index contributed by atoms with van der Waals surface area (Å²) in [5.74, 6) is 3.15. The van der Waals surface area contributed by atoms with Gasteiger partial charge in [-0.15, -0.1) is 0 Å². The van der Waals surface area contributed by atoms with Crippen LogP contribution in [0.5, 0.6) is 23.0 Å². The van der Waals surface area contributed by atoms with Gasteiger partial charge in [0.1, 0.15) is 23.0 Å². The molecule has 13 aromatic rings. The van der Waals surface area contributed by atoms with E-state index in [1.54, 1.807) is 0 Å². The number of hydrogen-bond donors (Lipinski definition) is 0. The molecule has 8 heterocycles. The van der Waals surface area contributed by atoms with Gasteiger partial charge in [0.2, 0.25) is 0 Å². The first kappa shape index (κ1) is 40.4. The Morgan fingerprint density at radius 1 is 0.286 bits per heavy atom. The molecular formula is C66H37B3N4O4. The number of fused-ring (bicyclic) bond motifs is 10. The van der Waals surface area contributed by atoms with Crippen molar-refractivity contribution >= 4 is 104 Å². The molecule has 0 N–H and O–H groups in total. The highest BCUT2D eigenvalue weighted by Gasteiger charge is 2.58. The lowest BCUT2D eigenvalue weighted by Gasteiger charge is -2.49. The van der Waals surface area contributed by atoms with E-state index >= 15 is 0 Å². The highest BCUT2D eigenvalue weighted by atomic mass is 16.6. The zero-order valence-corrected chi connectivity index (χ0v) is 41.0. The molecule has 11 heteroatoms. The Kier molecular flexibility index (Phi) is 7.58. The van der Waals surface area contributed by atoms with Crippen LogP contribution < -0.4 is 44.6 Å². The number of para-hydroxylation sites is 8. The summed E-state index contributed by atoms with van der Waals surface area (Å²) in [4.78, 5) is 4.82. The van der Waals surface area contributed by atoms with E-state index in [1.165, 1.54) is 21.5 Å². The molecule has 0 amide bonds. The molecule has 8 nitrogen and oxygen atoms in total. The first-order valence-corrected chi connectivity index (χ1v) is 26.4. The van der Waals surface area contributed by atoms with Crippen LogP contribution in [-0.4, -0.2) is 30.4 Å². The fraction of sp³-hybridized carbons (Fsp3) is 0. The third-order valence-corrected chi connectivity index (χ3v) is 17.1. The van der Waals surface area contributed by atoms with E-state index in [1.807, 2.05) is 0 Å². The smallest absolute Gasteiger partial charge is 0.537 e. The highest BCUT2D eigenvalue weighted by Crippen LogP contribution is 2.60. The van der Waals surface area contributed by atoms with Crippen molar-refractivity contribution in [1.29, 1.82) is 0 Å². The normalized spacial score (nSPS) is 14.3. The van der Waals surface area contributed by atoms with E-state index in [0.717, 1.165) is 140 Å². The van der Waals surface area contributed by atoms with Crippen molar-refractivity contribution < 1.29 is 18.6 Å². The van der Waals surface area contributed by atoms with Gasteiger partial charge < -0.3 is 37.4 Å². The molecule has 6 aliphatic heterocycles. The Bertz CT molecular complexity index is 4420. The van der Waals surface area contributed by atoms with Gasteiger partial charge in [0.05, 0.1) is 33.4 Å². The second-order valence-electron chi connectivity index (χ2n) is 20.9. The summed E-state index contributed by atoms with van der Waals surface area (Å²) in [5, 5.41) is 4.69. The second-order valence-corrected chi connectivity index (χ2v) is 20.9. The van der Waals surface area contributed by atoms with Crippen LogP contribution in [0.2, 0.25) is 0 Å². The average molecular weight is 982 g/mol. The Hall–Kier alpha value is -9.99. The third kappa shape index (κ3) is 5.03. The summed E-state index contributed by atoms with van der Waals surface area (Å²) < 4.78 is 35.5. The van der Waals surface area contributed by atoms with Crippen LogP contribution in [0.3, 0.4) is 0 Å². The maximum Gasteiger partial charge on any atom is 0.634 e. The number of hydrogen-bond acceptors (Lipinski definition) is 6. The molecule has 0 radical (unpaired) electrons. The lowest BCUT2D eigenvalue weighted by atomic mass is 9.52. The van der Waals surface area contributed by atoms with E-state index in [9.17, 15) is 0 Å². The van der Waals surface area contributed by atoms with E-state index in [2.05, 4.69) is 243 Å². The van der Waals surface area contributed by atoms with Gasteiger partial charge in [-0.05, 0) is 90.0 Å². The van der Waals surface area contributed by atoms with Crippen LogP contribution in [0.1, 0.15) is 0 Å². The predicted molar refractivity (Wildman–Crippen MR) is 313 cm³/mol. The molecule has 0 fully saturated rings. The number of rotatable bonds is 4. The molecule has 2 aromatic heterocycles. The zero-order chi connectivity index (χ0) is 49.8. The summed E-state index contributed by atoms with van der Waals surface area (Å²) in [5.41, 5.74) is 21.8. The highest BCUT2D eigenvalue weighted by molar-refractivity contribution is 6.82. The van der Waals surface area contributed by atoms with E-state index in [4.69, 9.17) is 18.6 Å². The summed E-state index contributed by atoms with van der Waals surface area (Å²) in [6.07, 6.45) is 0. The molecule has 19 rings (SSSR count). The summed E-state index contributed by atoms with van der Waals surface area (Å²) in [7, 11) is -2.01. The first-order chi connectivity index (χ1) is 38.2. The van der Waals surface area contributed by atoms with Crippen LogP contribution in [-0.2, 0) is 0 Å². The standard InChI is InChI=1S/C66H37B3N4O4/c1-3-19-38(20-4-1)72-52-37-53-59-61-63-47(45-28-12-18-34-57(45)75-68(63)73(53)39-21-5-2-6-22-39)36-55(71-50-31-15-9-25-42(50)43-26-10-16-32-51(43)71)66(61)77-69-64(59)58(52)60-62-46(44-27-11-17-33-56(44)74-67(62)72)35-54(65(60)76-69)70-48-29-13-7-23-40(48)41-24-8-14-30-49(41)70/h1-37H. The quantitative estimate of drug-likeness (QED) is 0.164. The molecule has 0 saturated carbocycles. The number of anilines is 4. The van der Waals surface area contributed by atoms with Crippen LogP contribution in [0.15, 0.2) is 224 Å². The molecule has 11 aromatic carbocycles. The summed E-state index contributed by atoms with van der Waals surface area (Å²) in [6.45, 7) is 0. The minimum atomic E-state index is -0.884. The minimum absolute atomic E-state index is 0.561. The molecule has 77 heavy (non-hydrogen) atoms. The van der Waals surface area contributed by atoms with Gasteiger partial charge in [0.25, 0.3) is 0 Å². The van der Waals surface area contributed by atoms with Crippen molar-refractivity contribution in [3.05, 3.63) is 224 Å². The van der Waals surface area contributed by atoms with E-state index in [0.29, 0.717) is 0 Å². The number of nitrogens with zero attached hydrogens (tertiary/aromatic N) is 4. The Labute approximate surface area is 442 Å². The van der Waals surface area contributed by atoms with Gasteiger partial charge in [0, 0.05) is 94.1 Å². The van der Waals surface area contributed by atoms with Crippen molar-refractivity contribution in [3.8, 4) is 78.9 Å². The van der Waals surface area contributed by atoms with Gasteiger partial charge in [-0.25, -0.2) is 0 Å². The molecule has 354 valence electrons. The SMILES string of the molecule is c1ccc(N2B3Oc4ccccc4-c4cc(-n5c6ccccc6c6ccccc65)c5c(c43)-c3c2cc2c4c3B(O5)Oc3c(-n5c6ccccc6c6ccccc65)cc5c(c3-4)B(Oc3ccccc3-5)N2c2ccccc2)cc1. The fourth-order valence-electron chi connectivity index (χ4n) is 14.2. The van der Waals surface area contributed by atoms with Crippen LogP contribution in [0, 0.1) is 0 Å². The predicted octanol–water partition coefficient (Wildman–Crippen LogP) is 13.5. The van der Waals surface area contributed by atoms with Crippen molar-refractivity contribution in [3.63, 3.8) is 0 Å². The topological polar surface area (TPSA) is 53.3 Å². The molecule has 0 aliphatic carbocycles. The maximum absolute atomic E-state index is 7.90. The number of aromatic nitrogens is 2. The lowest BCUT2D eigenvalue weighted by molar-refractivity contribution is 0.434. The fourth-order valence-corrected chi connectivity index (χ4v) is 14.2. The average Bonchev–Trinajstić information content (AvgIpc) is 4.02. The van der Waals surface area contributed by atoms with Gasteiger partial charge >= 0.3 is 21.2 Å². The van der Waals surface area contributed by atoms with Gasteiger partial charge in [-0.1, -0.05) is 146 Å². The van der Waals surface area contributed by atoms with E-state index < -0.39 is 21.2 Å². The Morgan fingerprint density at radius 3 is 1.06 bits per heavy atom. The second kappa shape index (κ2) is 14.4. The lowest BCUT2D eigenvalue weighted by Crippen LogP contribution is -2.62. The third-order valence-electron chi connectivity index (χ3n) is 17.1. The van der Waals surface area contributed by atoms with Crippen molar-refractivity contribution in [2.24, 2.45) is 0 Å². The summed E-state index contributed by atoms with van der Waals surface area (Å²) in [6, 6.07) is 80.4. The van der Waals surface area contributed by atoms with E-state index in [-0.39, 0.29) is 0 Å². The van der Waals surface area contributed by atoms with Crippen LogP contribution in [0.4, 0.5) is 22.7 Å². The van der Waals surface area contributed by atoms with Crippen molar-refractivity contribution in [1.82, 2.24) is 9.13 Å². The van der Waals surface area contributed by atoms with Crippen LogP contribution >= 0.6 is 0 Å². The van der Waals surface area contributed by atoms with Crippen LogP contribution in [0.25, 0.3) is 99.5 Å². The van der Waals surface area contributed by atoms with Gasteiger partial charge in [0.15, 0.2) is 0 Å². The van der Waals surface area contributed by atoms with Gasteiger partial charge in [-0.3, -0.25) is 0 Å². The molecule has 6 aliphatic rings. The molecule has 0 atom stereocenters. The number of benzene rings is 11. The maximum atomic E-state index is 7.90. The molecule has 0 spiro atoms. The molecular weight excluding hydrogens is 945 g/mol. The molecule has 0 unspecified atom stereocenters. The minimum Gasteiger partial charge on any atom is -0.537 e. The molecule has 0 bridgehead atoms. The van der Waals surface area contributed by atoms with Crippen molar-refractivity contribution in [2.45, 2.75) is 0 Å². The Balaban J connectivity index is 1.01. The van der Waals surface area contributed by atoms with Gasteiger partial charge in [-0.2, -0.15) is 0 Å². The largest absolute Gasteiger partial charge is 0.634 e. The zero-order valence-electron chi connectivity index (χ0n) is 41.0. The van der Waals surface area contributed by atoms with Crippen molar-refractivity contribution in [2.75, 3.05) is 9.62 Å². The monoisotopic (exact) mass is 982 g/mol.